The SMILES string of the molecule is CC1=C(c2cccc(Br)c2)CNCC1. The standard InChI is InChI=1S/C12H14BrN/c1-9-5-6-14-8-12(9)10-3-2-4-11(13)7-10/h2-4,7,14H,5-6,8H2,1H3. The van der Waals surface area contributed by atoms with Crippen LogP contribution in [0, 0.1) is 0 Å². The van der Waals surface area contributed by atoms with Gasteiger partial charge in [0.1, 0.15) is 0 Å². The van der Waals surface area contributed by atoms with Crippen molar-refractivity contribution in [2.75, 3.05) is 13.1 Å². The maximum Gasteiger partial charge on any atom is 0.0211 e. The molecule has 0 saturated carbocycles. The molecule has 1 nitrogen and oxygen atoms in total. The third-order valence-corrected chi connectivity index (χ3v) is 3.16. The molecule has 14 heavy (non-hydrogen) atoms. The lowest BCUT2D eigenvalue weighted by molar-refractivity contribution is 0.715. The molecule has 0 unspecified atom stereocenters. The van der Waals surface area contributed by atoms with E-state index in [-0.39, 0.29) is 0 Å². The third-order valence-electron chi connectivity index (χ3n) is 2.67. The fraction of sp³-hybridized carbons (Fsp3) is 0.333. The van der Waals surface area contributed by atoms with Crippen molar-refractivity contribution in [2.24, 2.45) is 0 Å². The van der Waals surface area contributed by atoms with E-state index in [1.807, 2.05) is 0 Å². The molecule has 1 aliphatic heterocycles. The van der Waals surface area contributed by atoms with Crippen LogP contribution in [0.4, 0.5) is 0 Å². The van der Waals surface area contributed by atoms with Crippen LogP contribution in [-0.2, 0) is 0 Å². The number of halogens is 1. The molecule has 74 valence electrons. The summed E-state index contributed by atoms with van der Waals surface area (Å²) in [4.78, 5) is 0. The van der Waals surface area contributed by atoms with Crippen LogP contribution in [-0.4, -0.2) is 13.1 Å². The summed E-state index contributed by atoms with van der Waals surface area (Å²) in [6, 6.07) is 8.52. The number of nitrogens with one attached hydrogen (secondary N) is 1. The van der Waals surface area contributed by atoms with Gasteiger partial charge in [-0.1, -0.05) is 33.6 Å². The van der Waals surface area contributed by atoms with Gasteiger partial charge in [0.15, 0.2) is 0 Å². The van der Waals surface area contributed by atoms with E-state index in [1.165, 1.54) is 23.1 Å². The molecule has 0 saturated heterocycles. The smallest absolute Gasteiger partial charge is 0.0211 e. The summed E-state index contributed by atoms with van der Waals surface area (Å²) in [6.07, 6.45) is 1.17. The largest absolute Gasteiger partial charge is 0.312 e. The monoisotopic (exact) mass is 251 g/mol. The van der Waals surface area contributed by atoms with Crippen LogP contribution in [0.5, 0.6) is 0 Å². The average Bonchev–Trinajstić information content (AvgIpc) is 2.18. The average molecular weight is 252 g/mol. The summed E-state index contributed by atoms with van der Waals surface area (Å²) in [5.74, 6) is 0. The lowest BCUT2D eigenvalue weighted by Crippen LogP contribution is -2.23. The number of hydrogen-bond acceptors (Lipinski definition) is 1. The lowest BCUT2D eigenvalue weighted by atomic mass is 9.96. The van der Waals surface area contributed by atoms with Crippen molar-refractivity contribution in [1.82, 2.24) is 5.32 Å². The van der Waals surface area contributed by atoms with E-state index < -0.39 is 0 Å². The summed E-state index contributed by atoms with van der Waals surface area (Å²) >= 11 is 3.51. The van der Waals surface area contributed by atoms with E-state index >= 15 is 0 Å². The first-order valence-electron chi connectivity index (χ1n) is 4.92. The molecule has 0 bridgehead atoms. The van der Waals surface area contributed by atoms with Crippen molar-refractivity contribution in [3.05, 3.63) is 39.9 Å². The molecule has 1 aliphatic rings. The van der Waals surface area contributed by atoms with E-state index in [0.717, 1.165) is 17.6 Å². The highest BCUT2D eigenvalue weighted by atomic mass is 79.9. The highest BCUT2D eigenvalue weighted by Crippen LogP contribution is 2.24. The Bertz CT molecular complexity index is 368. The molecule has 0 atom stereocenters. The molecule has 1 aromatic rings. The minimum atomic E-state index is 1.00. The molecular formula is C12H14BrN. The second-order valence-electron chi connectivity index (χ2n) is 3.70. The molecule has 0 aliphatic carbocycles. The second kappa shape index (κ2) is 4.28. The fourth-order valence-electron chi connectivity index (χ4n) is 1.82. The van der Waals surface area contributed by atoms with Crippen LogP contribution < -0.4 is 5.32 Å². The quantitative estimate of drug-likeness (QED) is 0.809. The highest BCUT2D eigenvalue weighted by molar-refractivity contribution is 9.10. The van der Waals surface area contributed by atoms with E-state index in [9.17, 15) is 0 Å². The van der Waals surface area contributed by atoms with Gasteiger partial charge in [-0.15, -0.1) is 0 Å². The molecule has 1 heterocycles. The van der Waals surface area contributed by atoms with Gasteiger partial charge in [0, 0.05) is 11.0 Å². The Labute approximate surface area is 93.3 Å². The molecule has 0 fully saturated rings. The van der Waals surface area contributed by atoms with Crippen molar-refractivity contribution < 1.29 is 0 Å². The molecule has 0 amide bonds. The van der Waals surface area contributed by atoms with Gasteiger partial charge in [-0.25, -0.2) is 0 Å². The summed E-state index contributed by atoms with van der Waals surface area (Å²) < 4.78 is 1.15. The van der Waals surface area contributed by atoms with Crippen LogP contribution in [0.1, 0.15) is 18.9 Å². The summed E-state index contributed by atoms with van der Waals surface area (Å²) in [5, 5.41) is 3.41. The number of benzene rings is 1. The van der Waals surface area contributed by atoms with Crippen molar-refractivity contribution >= 4 is 21.5 Å². The zero-order valence-electron chi connectivity index (χ0n) is 8.31. The zero-order valence-corrected chi connectivity index (χ0v) is 9.89. The van der Waals surface area contributed by atoms with Crippen LogP contribution in [0.2, 0.25) is 0 Å². The Balaban J connectivity index is 2.38. The summed E-state index contributed by atoms with van der Waals surface area (Å²) in [6.45, 7) is 4.35. The Morgan fingerprint density at radius 1 is 1.36 bits per heavy atom. The van der Waals surface area contributed by atoms with Crippen LogP contribution in [0.15, 0.2) is 34.3 Å². The lowest BCUT2D eigenvalue weighted by Gasteiger charge is -2.19. The topological polar surface area (TPSA) is 12.0 Å². The van der Waals surface area contributed by atoms with E-state index in [0.29, 0.717) is 0 Å². The molecule has 0 spiro atoms. The number of hydrogen-bond donors (Lipinski definition) is 1. The molecule has 0 aromatic heterocycles. The Morgan fingerprint density at radius 2 is 2.21 bits per heavy atom. The van der Waals surface area contributed by atoms with E-state index in [2.05, 4.69) is 52.4 Å². The molecule has 1 aromatic carbocycles. The molecular weight excluding hydrogens is 238 g/mol. The first-order valence-corrected chi connectivity index (χ1v) is 5.72. The van der Waals surface area contributed by atoms with Crippen LogP contribution >= 0.6 is 15.9 Å². The van der Waals surface area contributed by atoms with Gasteiger partial charge in [0.25, 0.3) is 0 Å². The molecule has 2 rings (SSSR count). The predicted molar refractivity (Wildman–Crippen MR) is 64.2 cm³/mol. The van der Waals surface area contributed by atoms with Crippen LogP contribution in [0.3, 0.4) is 0 Å². The van der Waals surface area contributed by atoms with E-state index in [1.54, 1.807) is 0 Å². The highest BCUT2D eigenvalue weighted by Gasteiger charge is 2.10. The maximum atomic E-state index is 3.51. The van der Waals surface area contributed by atoms with Crippen molar-refractivity contribution in [3.8, 4) is 0 Å². The van der Waals surface area contributed by atoms with Gasteiger partial charge in [-0.05, 0) is 43.2 Å². The van der Waals surface area contributed by atoms with Gasteiger partial charge in [0.2, 0.25) is 0 Å². The molecule has 2 heteroatoms. The molecule has 0 radical (unpaired) electrons. The van der Waals surface area contributed by atoms with Crippen molar-refractivity contribution in [1.29, 1.82) is 0 Å². The maximum absolute atomic E-state index is 3.51. The Morgan fingerprint density at radius 3 is 2.93 bits per heavy atom. The Kier molecular flexibility index (Phi) is 3.04. The van der Waals surface area contributed by atoms with Gasteiger partial charge in [0.05, 0.1) is 0 Å². The molecule has 1 N–H and O–H groups in total. The van der Waals surface area contributed by atoms with Gasteiger partial charge < -0.3 is 5.32 Å². The predicted octanol–water partition coefficient (Wildman–Crippen LogP) is 3.22. The minimum absolute atomic E-state index is 1.00. The zero-order chi connectivity index (χ0) is 9.97. The summed E-state index contributed by atoms with van der Waals surface area (Å²) in [5.41, 5.74) is 4.31. The first kappa shape index (κ1) is 9.94. The fourth-order valence-corrected chi connectivity index (χ4v) is 2.21. The Hall–Kier alpha value is -0.600. The van der Waals surface area contributed by atoms with Crippen molar-refractivity contribution in [3.63, 3.8) is 0 Å². The van der Waals surface area contributed by atoms with Gasteiger partial charge in [-0.2, -0.15) is 0 Å². The first-order chi connectivity index (χ1) is 6.77. The van der Waals surface area contributed by atoms with Crippen molar-refractivity contribution in [2.45, 2.75) is 13.3 Å². The normalized spacial score (nSPS) is 17.3. The van der Waals surface area contributed by atoms with Gasteiger partial charge in [-0.3, -0.25) is 0 Å². The third kappa shape index (κ3) is 2.07. The van der Waals surface area contributed by atoms with Crippen LogP contribution in [0.25, 0.3) is 5.57 Å². The summed E-state index contributed by atoms with van der Waals surface area (Å²) in [7, 11) is 0. The minimum Gasteiger partial charge on any atom is -0.312 e. The second-order valence-corrected chi connectivity index (χ2v) is 4.61. The van der Waals surface area contributed by atoms with E-state index in [4.69, 9.17) is 0 Å². The number of rotatable bonds is 1. The van der Waals surface area contributed by atoms with Gasteiger partial charge >= 0.3 is 0 Å².